The molecule has 46 valence electrons. The zero-order chi connectivity index (χ0) is 6.69. The van der Waals surface area contributed by atoms with Crippen molar-refractivity contribution in [3.63, 3.8) is 0 Å². The first-order valence-corrected chi connectivity index (χ1v) is 2.54. The van der Waals surface area contributed by atoms with Crippen molar-refractivity contribution in [2.45, 2.75) is 6.42 Å². The van der Waals surface area contributed by atoms with E-state index in [2.05, 4.69) is 5.92 Å². The minimum Gasteiger partial charge on any atom is -0.481 e. The van der Waals surface area contributed by atoms with Gasteiger partial charge in [0, 0.05) is 6.07 Å². The SMILES string of the molecule is C#CCc1ccc(O)o1. The second-order valence-corrected chi connectivity index (χ2v) is 1.62. The molecule has 0 aliphatic carbocycles. The molecule has 1 aromatic rings. The Hall–Kier alpha value is -1.36. The topological polar surface area (TPSA) is 33.4 Å². The minimum atomic E-state index is -0.0831. The monoisotopic (exact) mass is 122 g/mol. The molecule has 0 saturated carbocycles. The summed E-state index contributed by atoms with van der Waals surface area (Å²) in [6, 6.07) is 3.11. The molecule has 0 aliphatic heterocycles. The van der Waals surface area contributed by atoms with Crippen molar-refractivity contribution < 1.29 is 9.52 Å². The number of furan rings is 1. The van der Waals surface area contributed by atoms with Gasteiger partial charge in [-0.15, -0.1) is 6.42 Å². The van der Waals surface area contributed by atoms with Crippen LogP contribution in [0.15, 0.2) is 16.5 Å². The van der Waals surface area contributed by atoms with Crippen molar-refractivity contribution in [2.24, 2.45) is 0 Å². The van der Waals surface area contributed by atoms with E-state index in [0.29, 0.717) is 12.2 Å². The molecule has 0 amide bonds. The molecule has 0 aliphatic rings. The molecule has 1 rings (SSSR count). The maximum absolute atomic E-state index is 8.64. The fourth-order valence-electron chi connectivity index (χ4n) is 0.562. The van der Waals surface area contributed by atoms with Gasteiger partial charge >= 0.3 is 0 Å². The largest absolute Gasteiger partial charge is 0.481 e. The third kappa shape index (κ3) is 1.26. The molecule has 0 radical (unpaired) electrons. The highest BCUT2D eigenvalue weighted by molar-refractivity contribution is 5.13. The Kier molecular flexibility index (Phi) is 1.46. The van der Waals surface area contributed by atoms with Crippen LogP contribution < -0.4 is 0 Å². The maximum atomic E-state index is 8.64. The summed E-state index contributed by atoms with van der Waals surface area (Å²) in [5, 5.41) is 8.64. The highest BCUT2D eigenvalue weighted by Gasteiger charge is 1.95. The fraction of sp³-hybridized carbons (Fsp3) is 0.143. The van der Waals surface area contributed by atoms with Crippen LogP contribution in [-0.4, -0.2) is 5.11 Å². The summed E-state index contributed by atoms with van der Waals surface area (Å²) in [5.41, 5.74) is 0. The van der Waals surface area contributed by atoms with Gasteiger partial charge in [-0.1, -0.05) is 5.92 Å². The Morgan fingerprint density at radius 2 is 2.44 bits per heavy atom. The van der Waals surface area contributed by atoms with Crippen LogP contribution in [0.1, 0.15) is 5.76 Å². The number of terminal acetylenes is 1. The number of aromatic hydroxyl groups is 1. The van der Waals surface area contributed by atoms with E-state index in [0.717, 1.165) is 0 Å². The first-order valence-electron chi connectivity index (χ1n) is 2.54. The van der Waals surface area contributed by atoms with Crippen LogP contribution in [0.4, 0.5) is 0 Å². The molecule has 2 nitrogen and oxygen atoms in total. The van der Waals surface area contributed by atoms with Crippen LogP contribution in [0.2, 0.25) is 0 Å². The third-order valence-corrected chi connectivity index (χ3v) is 0.924. The minimum absolute atomic E-state index is 0.0831. The lowest BCUT2D eigenvalue weighted by Gasteiger charge is -1.82. The van der Waals surface area contributed by atoms with Gasteiger partial charge in [0.25, 0.3) is 5.95 Å². The summed E-state index contributed by atoms with van der Waals surface area (Å²) < 4.78 is 4.74. The van der Waals surface area contributed by atoms with Crippen molar-refractivity contribution in [2.75, 3.05) is 0 Å². The Labute approximate surface area is 53.1 Å². The van der Waals surface area contributed by atoms with Crippen LogP contribution in [0.3, 0.4) is 0 Å². The van der Waals surface area contributed by atoms with Gasteiger partial charge in [-0.25, -0.2) is 0 Å². The summed E-state index contributed by atoms with van der Waals surface area (Å²) in [4.78, 5) is 0. The van der Waals surface area contributed by atoms with E-state index in [9.17, 15) is 0 Å². The molecule has 1 heterocycles. The maximum Gasteiger partial charge on any atom is 0.281 e. The first kappa shape index (κ1) is 5.77. The van der Waals surface area contributed by atoms with Crippen molar-refractivity contribution in [1.82, 2.24) is 0 Å². The van der Waals surface area contributed by atoms with E-state index < -0.39 is 0 Å². The number of hydrogen-bond donors (Lipinski definition) is 1. The summed E-state index contributed by atoms with van der Waals surface area (Å²) in [6.07, 6.45) is 5.41. The van der Waals surface area contributed by atoms with E-state index in [1.807, 2.05) is 0 Å². The normalized spacial score (nSPS) is 8.78. The Morgan fingerprint density at radius 1 is 1.67 bits per heavy atom. The second kappa shape index (κ2) is 2.27. The molecular weight excluding hydrogens is 116 g/mol. The quantitative estimate of drug-likeness (QED) is 0.567. The standard InChI is InChI=1S/C7H6O2/c1-2-3-6-4-5-7(8)9-6/h1,4-5,8H,3H2. The molecule has 9 heavy (non-hydrogen) atoms. The van der Waals surface area contributed by atoms with Gasteiger partial charge in [0.15, 0.2) is 0 Å². The van der Waals surface area contributed by atoms with E-state index >= 15 is 0 Å². The zero-order valence-electron chi connectivity index (χ0n) is 4.79. The molecule has 0 aromatic carbocycles. The summed E-state index contributed by atoms with van der Waals surface area (Å²) in [6.45, 7) is 0. The molecule has 0 atom stereocenters. The Bertz CT molecular complexity index is 229. The Morgan fingerprint density at radius 3 is 2.89 bits per heavy atom. The summed E-state index contributed by atoms with van der Waals surface area (Å²) in [5.74, 6) is 2.93. The fourth-order valence-corrected chi connectivity index (χ4v) is 0.562. The predicted octanol–water partition coefficient (Wildman–Crippen LogP) is 1.16. The van der Waals surface area contributed by atoms with Crippen molar-refractivity contribution in [3.8, 4) is 18.3 Å². The molecule has 1 N–H and O–H groups in total. The van der Waals surface area contributed by atoms with E-state index in [1.54, 1.807) is 6.07 Å². The molecule has 0 unspecified atom stereocenters. The van der Waals surface area contributed by atoms with Gasteiger partial charge in [0.1, 0.15) is 5.76 Å². The van der Waals surface area contributed by atoms with Crippen molar-refractivity contribution in [1.29, 1.82) is 0 Å². The average molecular weight is 122 g/mol. The third-order valence-electron chi connectivity index (χ3n) is 0.924. The second-order valence-electron chi connectivity index (χ2n) is 1.62. The number of rotatable bonds is 1. The van der Waals surface area contributed by atoms with Crippen molar-refractivity contribution in [3.05, 3.63) is 17.9 Å². The zero-order valence-corrected chi connectivity index (χ0v) is 4.79. The highest BCUT2D eigenvalue weighted by Crippen LogP contribution is 2.12. The van der Waals surface area contributed by atoms with Crippen LogP contribution >= 0.6 is 0 Å². The first-order chi connectivity index (χ1) is 4.33. The predicted molar refractivity (Wildman–Crippen MR) is 32.9 cm³/mol. The van der Waals surface area contributed by atoms with Gasteiger partial charge in [0.05, 0.1) is 6.42 Å². The van der Waals surface area contributed by atoms with Gasteiger partial charge < -0.3 is 9.52 Å². The lowest BCUT2D eigenvalue weighted by atomic mass is 10.3. The molecule has 1 aromatic heterocycles. The molecule has 0 bridgehead atoms. The smallest absolute Gasteiger partial charge is 0.281 e. The van der Waals surface area contributed by atoms with Gasteiger partial charge in [0.2, 0.25) is 0 Å². The highest BCUT2D eigenvalue weighted by atomic mass is 16.5. The number of hydrogen-bond acceptors (Lipinski definition) is 2. The lowest BCUT2D eigenvalue weighted by molar-refractivity contribution is 0.322. The van der Waals surface area contributed by atoms with Crippen LogP contribution in [0.25, 0.3) is 0 Å². The average Bonchev–Trinajstić information content (AvgIpc) is 2.17. The molecule has 2 heteroatoms. The lowest BCUT2D eigenvalue weighted by Crippen LogP contribution is -1.71. The van der Waals surface area contributed by atoms with Crippen LogP contribution in [0, 0.1) is 12.3 Å². The van der Waals surface area contributed by atoms with Gasteiger partial charge in [-0.2, -0.15) is 0 Å². The van der Waals surface area contributed by atoms with E-state index in [1.165, 1.54) is 6.07 Å². The van der Waals surface area contributed by atoms with Gasteiger partial charge in [-0.3, -0.25) is 0 Å². The van der Waals surface area contributed by atoms with Crippen LogP contribution in [0.5, 0.6) is 5.95 Å². The molecular formula is C7H6O2. The summed E-state index contributed by atoms with van der Waals surface area (Å²) >= 11 is 0. The van der Waals surface area contributed by atoms with Crippen LogP contribution in [-0.2, 0) is 6.42 Å². The molecule has 0 spiro atoms. The summed E-state index contributed by atoms with van der Waals surface area (Å²) in [7, 11) is 0. The van der Waals surface area contributed by atoms with E-state index in [4.69, 9.17) is 15.9 Å². The Balaban J connectivity index is 2.76. The van der Waals surface area contributed by atoms with Crippen molar-refractivity contribution >= 4 is 0 Å². The van der Waals surface area contributed by atoms with E-state index in [-0.39, 0.29) is 5.95 Å². The van der Waals surface area contributed by atoms with Gasteiger partial charge in [-0.05, 0) is 6.07 Å². The molecule has 0 saturated heterocycles. The molecule has 0 fully saturated rings.